The van der Waals surface area contributed by atoms with Crippen LogP contribution in [0.25, 0.3) is 6.08 Å². The molecule has 1 aliphatic rings. The first-order chi connectivity index (χ1) is 12.8. The van der Waals surface area contributed by atoms with Crippen LogP contribution in [0.1, 0.15) is 23.1 Å². The second-order valence-corrected chi connectivity index (χ2v) is 9.13. The number of rotatable bonds is 5. The summed E-state index contributed by atoms with van der Waals surface area (Å²) in [5.41, 5.74) is 2.65. The third-order valence-corrected chi connectivity index (χ3v) is 6.42. The molecule has 1 heterocycles. The summed E-state index contributed by atoms with van der Waals surface area (Å²) in [5, 5.41) is 0. The van der Waals surface area contributed by atoms with Crippen LogP contribution < -0.4 is 0 Å². The zero-order chi connectivity index (χ0) is 19.4. The molecule has 1 atom stereocenters. The molecule has 3 rings (SSSR count). The van der Waals surface area contributed by atoms with E-state index in [0.29, 0.717) is 12.0 Å². The van der Waals surface area contributed by atoms with Gasteiger partial charge in [0.15, 0.2) is 9.84 Å². The Kier molecular flexibility index (Phi) is 5.75. The van der Waals surface area contributed by atoms with Crippen molar-refractivity contribution in [1.29, 1.82) is 0 Å². The van der Waals surface area contributed by atoms with Crippen LogP contribution in [-0.2, 0) is 21.2 Å². The Morgan fingerprint density at radius 2 is 1.96 bits per heavy atom. The van der Waals surface area contributed by atoms with Crippen molar-refractivity contribution in [2.45, 2.75) is 25.9 Å². The zero-order valence-corrected chi connectivity index (χ0v) is 16.0. The van der Waals surface area contributed by atoms with E-state index in [1.54, 1.807) is 18.2 Å². The molecule has 1 saturated heterocycles. The monoisotopic (exact) mass is 387 g/mol. The molecule has 2 aromatic rings. The van der Waals surface area contributed by atoms with Gasteiger partial charge in [-0.3, -0.25) is 4.79 Å². The topological polar surface area (TPSA) is 54.5 Å². The van der Waals surface area contributed by atoms with Crippen LogP contribution in [0.5, 0.6) is 0 Å². The number of amides is 1. The molecule has 6 heteroatoms. The third kappa shape index (κ3) is 5.26. The maximum absolute atomic E-state index is 13.5. The fourth-order valence-electron chi connectivity index (χ4n) is 3.18. The molecule has 0 N–H and O–H groups in total. The van der Waals surface area contributed by atoms with Gasteiger partial charge in [-0.05, 0) is 42.7 Å². The first kappa shape index (κ1) is 19.3. The molecule has 0 aliphatic carbocycles. The first-order valence-corrected chi connectivity index (χ1v) is 10.6. The van der Waals surface area contributed by atoms with E-state index >= 15 is 0 Å². The van der Waals surface area contributed by atoms with Gasteiger partial charge in [0.05, 0.1) is 11.5 Å². The Labute approximate surface area is 159 Å². The molecule has 0 spiro atoms. The smallest absolute Gasteiger partial charge is 0.247 e. The van der Waals surface area contributed by atoms with Crippen molar-refractivity contribution in [2.75, 3.05) is 11.5 Å². The van der Waals surface area contributed by atoms with Crippen molar-refractivity contribution in [3.8, 4) is 0 Å². The molecule has 142 valence electrons. The number of halogens is 1. The van der Waals surface area contributed by atoms with Gasteiger partial charge >= 0.3 is 0 Å². The predicted molar refractivity (Wildman–Crippen MR) is 104 cm³/mol. The number of carbonyl (C=O) groups excluding carboxylic acids is 1. The molecule has 1 amide bonds. The number of nitrogens with zero attached hydrogens (tertiary/aromatic N) is 1. The number of sulfone groups is 1. The van der Waals surface area contributed by atoms with Crippen LogP contribution in [-0.4, -0.2) is 36.8 Å². The normalized spacial score (nSPS) is 18.7. The molecule has 4 nitrogen and oxygen atoms in total. The van der Waals surface area contributed by atoms with Crippen molar-refractivity contribution in [3.05, 3.63) is 77.1 Å². The van der Waals surface area contributed by atoms with Crippen LogP contribution in [0.15, 0.2) is 54.6 Å². The number of hydrogen-bond acceptors (Lipinski definition) is 3. The molecule has 2 aromatic carbocycles. The first-order valence-electron chi connectivity index (χ1n) is 8.83. The van der Waals surface area contributed by atoms with E-state index in [4.69, 9.17) is 0 Å². The van der Waals surface area contributed by atoms with Gasteiger partial charge in [-0.2, -0.15) is 0 Å². The van der Waals surface area contributed by atoms with Gasteiger partial charge in [0.2, 0.25) is 5.91 Å². The zero-order valence-electron chi connectivity index (χ0n) is 15.1. The molecule has 1 fully saturated rings. The molecule has 0 saturated carbocycles. The Morgan fingerprint density at radius 1 is 1.22 bits per heavy atom. The second-order valence-electron chi connectivity index (χ2n) is 6.90. The Balaban J connectivity index is 1.81. The summed E-state index contributed by atoms with van der Waals surface area (Å²) in [6.07, 6.45) is 3.57. The second kappa shape index (κ2) is 8.05. The highest BCUT2D eigenvalue weighted by Crippen LogP contribution is 2.21. The molecule has 0 aromatic heterocycles. The molecule has 0 bridgehead atoms. The summed E-state index contributed by atoms with van der Waals surface area (Å²) in [7, 11) is -3.14. The Bertz CT molecular complexity index is 952. The van der Waals surface area contributed by atoms with Gasteiger partial charge < -0.3 is 4.90 Å². The van der Waals surface area contributed by atoms with Gasteiger partial charge in [0.25, 0.3) is 0 Å². The fourth-order valence-corrected chi connectivity index (χ4v) is 4.91. The van der Waals surface area contributed by atoms with E-state index in [-0.39, 0.29) is 29.8 Å². The van der Waals surface area contributed by atoms with Crippen molar-refractivity contribution >= 4 is 21.8 Å². The lowest BCUT2D eigenvalue weighted by atomic mass is 10.1. The fraction of sp³-hybridized carbons (Fsp3) is 0.286. The van der Waals surface area contributed by atoms with Gasteiger partial charge in [0, 0.05) is 18.7 Å². The van der Waals surface area contributed by atoms with Crippen LogP contribution in [0.2, 0.25) is 0 Å². The SMILES string of the molecule is Cc1ccc(/C=C/C(=O)N(Cc2cccc(F)c2)[C@@H]2CCS(=O)(=O)C2)cc1. The van der Waals surface area contributed by atoms with Crippen LogP contribution >= 0.6 is 0 Å². The third-order valence-electron chi connectivity index (χ3n) is 4.67. The standard InChI is InChI=1S/C21H22FNO3S/c1-16-5-7-17(8-6-16)9-10-21(24)23(20-11-12-27(25,26)15-20)14-18-3-2-4-19(22)13-18/h2-10,13,20H,11-12,14-15H2,1H3/b10-9+/t20-/m1/s1. The lowest BCUT2D eigenvalue weighted by Crippen LogP contribution is -2.39. The molecular weight excluding hydrogens is 365 g/mol. The van der Waals surface area contributed by atoms with Gasteiger partial charge in [-0.1, -0.05) is 42.0 Å². The van der Waals surface area contributed by atoms with Crippen molar-refractivity contribution < 1.29 is 17.6 Å². The van der Waals surface area contributed by atoms with Crippen LogP contribution in [0.3, 0.4) is 0 Å². The summed E-state index contributed by atoms with van der Waals surface area (Å²) in [5.74, 6) is -0.630. The quantitative estimate of drug-likeness (QED) is 0.739. The largest absolute Gasteiger partial charge is 0.331 e. The Hall–Kier alpha value is -2.47. The summed E-state index contributed by atoms with van der Waals surface area (Å²) in [6, 6.07) is 13.4. The summed E-state index contributed by atoms with van der Waals surface area (Å²) in [6.45, 7) is 2.16. The molecule has 1 aliphatic heterocycles. The van der Waals surface area contributed by atoms with E-state index in [9.17, 15) is 17.6 Å². The minimum atomic E-state index is -3.14. The van der Waals surface area contributed by atoms with E-state index in [1.807, 2.05) is 31.2 Å². The van der Waals surface area contributed by atoms with Crippen LogP contribution in [0.4, 0.5) is 4.39 Å². The number of benzene rings is 2. The van der Waals surface area contributed by atoms with Gasteiger partial charge in [0.1, 0.15) is 5.82 Å². The highest BCUT2D eigenvalue weighted by atomic mass is 32.2. The van der Waals surface area contributed by atoms with Gasteiger partial charge in [-0.25, -0.2) is 12.8 Å². The van der Waals surface area contributed by atoms with E-state index in [2.05, 4.69) is 0 Å². The summed E-state index contributed by atoms with van der Waals surface area (Å²) >= 11 is 0. The van der Waals surface area contributed by atoms with Crippen molar-refractivity contribution in [2.24, 2.45) is 0 Å². The summed E-state index contributed by atoms with van der Waals surface area (Å²) in [4.78, 5) is 14.4. The maximum atomic E-state index is 13.5. The highest BCUT2D eigenvalue weighted by molar-refractivity contribution is 7.91. The lowest BCUT2D eigenvalue weighted by molar-refractivity contribution is -0.128. The number of carbonyl (C=O) groups is 1. The van der Waals surface area contributed by atoms with Crippen molar-refractivity contribution in [1.82, 2.24) is 4.90 Å². The highest BCUT2D eigenvalue weighted by Gasteiger charge is 2.34. The lowest BCUT2D eigenvalue weighted by Gasteiger charge is -2.27. The average molecular weight is 387 g/mol. The average Bonchev–Trinajstić information content (AvgIpc) is 2.98. The van der Waals surface area contributed by atoms with Crippen molar-refractivity contribution in [3.63, 3.8) is 0 Å². The maximum Gasteiger partial charge on any atom is 0.247 e. The number of aryl methyl sites for hydroxylation is 1. The minimum absolute atomic E-state index is 0.0492. The van der Waals surface area contributed by atoms with E-state index in [0.717, 1.165) is 11.1 Å². The molecule has 0 unspecified atom stereocenters. The van der Waals surface area contributed by atoms with Gasteiger partial charge in [-0.15, -0.1) is 0 Å². The van der Waals surface area contributed by atoms with Crippen LogP contribution in [0, 0.1) is 12.7 Å². The number of hydrogen-bond donors (Lipinski definition) is 0. The summed E-state index contributed by atoms with van der Waals surface area (Å²) < 4.78 is 37.2. The molecule has 27 heavy (non-hydrogen) atoms. The molecular formula is C21H22FNO3S. The molecule has 0 radical (unpaired) electrons. The van der Waals surface area contributed by atoms with E-state index < -0.39 is 15.9 Å². The predicted octanol–water partition coefficient (Wildman–Crippen LogP) is 3.36. The Morgan fingerprint density at radius 3 is 2.59 bits per heavy atom. The minimum Gasteiger partial charge on any atom is -0.331 e. The van der Waals surface area contributed by atoms with E-state index in [1.165, 1.54) is 23.1 Å².